The van der Waals surface area contributed by atoms with E-state index in [0.717, 1.165) is 25.1 Å². The highest BCUT2D eigenvalue weighted by atomic mass is 32.1. The van der Waals surface area contributed by atoms with Gasteiger partial charge in [-0.25, -0.2) is 9.37 Å². The Bertz CT molecular complexity index is 779. The predicted molar refractivity (Wildman–Crippen MR) is 103 cm³/mol. The van der Waals surface area contributed by atoms with Gasteiger partial charge in [0, 0.05) is 24.3 Å². The molecule has 1 atom stereocenters. The van der Waals surface area contributed by atoms with E-state index in [2.05, 4.69) is 15.6 Å². The molecule has 7 heteroatoms. The van der Waals surface area contributed by atoms with E-state index in [0.29, 0.717) is 22.8 Å². The molecule has 5 nitrogen and oxygen atoms in total. The number of carbonyl (C=O) groups is 1. The van der Waals surface area contributed by atoms with Crippen LogP contribution in [0.15, 0.2) is 23.7 Å². The fraction of sp³-hybridized carbons (Fsp3) is 0.474. The van der Waals surface area contributed by atoms with E-state index < -0.39 is 5.82 Å². The maximum atomic E-state index is 14.3. The molecule has 1 aromatic heterocycles. The molecule has 1 amide bonds. The van der Waals surface area contributed by atoms with Gasteiger partial charge in [0.2, 0.25) is 0 Å². The Hall–Kier alpha value is -1.99. The molecule has 0 aliphatic carbocycles. The molecule has 1 aliphatic heterocycles. The lowest BCUT2D eigenvalue weighted by molar-refractivity contribution is 0.102. The summed E-state index contributed by atoms with van der Waals surface area (Å²) in [5, 5.41) is 5.83. The highest BCUT2D eigenvalue weighted by Crippen LogP contribution is 2.28. The normalized spacial score (nSPS) is 17.3. The summed E-state index contributed by atoms with van der Waals surface area (Å²) in [6.07, 6.45) is 2.18. The van der Waals surface area contributed by atoms with Crippen molar-refractivity contribution >= 4 is 28.6 Å². The minimum absolute atomic E-state index is 0.135. The minimum atomic E-state index is -0.402. The highest BCUT2D eigenvalue weighted by Gasteiger charge is 2.25. The van der Waals surface area contributed by atoms with Crippen molar-refractivity contribution in [3.63, 3.8) is 0 Å². The van der Waals surface area contributed by atoms with Crippen LogP contribution in [0.4, 0.5) is 15.8 Å². The summed E-state index contributed by atoms with van der Waals surface area (Å²) in [5.41, 5.74) is 3.01. The number of nitrogens with one attached hydrogen (secondary N) is 2. The largest absolute Gasteiger partial charge is 0.380 e. The number of rotatable bonds is 5. The summed E-state index contributed by atoms with van der Waals surface area (Å²) in [5.74, 6) is -0.668. The molecule has 0 spiro atoms. The summed E-state index contributed by atoms with van der Waals surface area (Å²) in [6.45, 7) is 7.37. The SMILES string of the molecule is CC(C)(C)c1ncsc1C(=O)Nc1ccc(NCC2CCCO2)c(F)c1. The van der Waals surface area contributed by atoms with Crippen molar-refractivity contribution in [1.82, 2.24) is 4.98 Å². The molecule has 1 fully saturated rings. The Morgan fingerprint density at radius 3 is 2.88 bits per heavy atom. The fourth-order valence-corrected chi connectivity index (χ4v) is 3.79. The van der Waals surface area contributed by atoms with Gasteiger partial charge in [-0.05, 0) is 31.0 Å². The van der Waals surface area contributed by atoms with Crippen LogP contribution < -0.4 is 10.6 Å². The standard InChI is InChI=1S/C19H24FN3O2S/c1-19(2,3)17-16(26-11-22-17)18(24)23-12-6-7-15(14(20)9-12)21-10-13-5-4-8-25-13/h6-7,9,11,13,21H,4-5,8,10H2,1-3H3,(H,23,24). The molecule has 2 aromatic rings. The molecule has 0 bridgehead atoms. The molecule has 2 N–H and O–H groups in total. The Kier molecular flexibility index (Phi) is 5.58. The van der Waals surface area contributed by atoms with E-state index in [1.54, 1.807) is 17.6 Å². The van der Waals surface area contributed by atoms with Crippen molar-refractivity contribution in [3.8, 4) is 0 Å². The van der Waals surface area contributed by atoms with Gasteiger partial charge in [0.05, 0.1) is 23.0 Å². The molecule has 1 aliphatic rings. The number of hydrogen-bond acceptors (Lipinski definition) is 5. The molecule has 2 heterocycles. The average molecular weight is 377 g/mol. The number of anilines is 2. The number of aromatic nitrogens is 1. The van der Waals surface area contributed by atoms with E-state index in [-0.39, 0.29) is 17.4 Å². The lowest BCUT2D eigenvalue weighted by Crippen LogP contribution is -2.20. The Morgan fingerprint density at radius 1 is 1.42 bits per heavy atom. The second kappa shape index (κ2) is 7.72. The molecule has 0 radical (unpaired) electrons. The van der Waals surface area contributed by atoms with E-state index >= 15 is 0 Å². The summed E-state index contributed by atoms with van der Waals surface area (Å²) in [7, 11) is 0. The smallest absolute Gasteiger partial charge is 0.267 e. The molecular formula is C19H24FN3O2S. The molecule has 1 unspecified atom stereocenters. The van der Waals surface area contributed by atoms with Crippen LogP contribution in [0.3, 0.4) is 0 Å². The zero-order chi connectivity index (χ0) is 18.7. The first-order chi connectivity index (χ1) is 12.3. The number of carbonyl (C=O) groups excluding carboxylic acids is 1. The first-order valence-corrected chi connectivity index (χ1v) is 9.63. The number of hydrogen-bond donors (Lipinski definition) is 2. The number of benzene rings is 1. The van der Waals surface area contributed by atoms with Gasteiger partial charge >= 0.3 is 0 Å². The molecule has 3 rings (SSSR count). The molecule has 1 aromatic carbocycles. The predicted octanol–water partition coefficient (Wildman–Crippen LogP) is 4.42. The van der Waals surface area contributed by atoms with Crippen LogP contribution in [0.1, 0.15) is 49.0 Å². The zero-order valence-electron chi connectivity index (χ0n) is 15.3. The number of ether oxygens (including phenoxy) is 1. The maximum Gasteiger partial charge on any atom is 0.267 e. The van der Waals surface area contributed by atoms with Crippen LogP contribution in [-0.2, 0) is 10.2 Å². The lowest BCUT2D eigenvalue weighted by Gasteiger charge is -2.17. The van der Waals surface area contributed by atoms with Gasteiger partial charge in [-0.1, -0.05) is 20.8 Å². The summed E-state index contributed by atoms with van der Waals surface area (Å²) < 4.78 is 19.8. The number of halogens is 1. The van der Waals surface area contributed by atoms with E-state index in [9.17, 15) is 9.18 Å². The second-order valence-corrected chi connectivity index (χ2v) is 8.30. The number of nitrogens with zero attached hydrogens (tertiary/aromatic N) is 1. The van der Waals surface area contributed by atoms with Gasteiger partial charge < -0.3 is 15.4 Å². The van der Waals surface area contributed by atoms with Crippen molar-refractivity contribution < 1.29 is 13.9 Å². The number of thiazole rings is 1. The van der Waals surface area contributed by atoms with Crippen molar-refractivity contribution in [2.75, 3.05) is 23.8 Å². The van der Waals surface area contributed by atoms with Crippen molar-refractivity contribution in [3.05, 3.63) is 40.1 Å². The third-order valence-corrected chi connectivity index (χ3v) is 5.08. The van der Waals surface area contributed by atoms with E-state index in [1.807, 2.05) is 20.8 Å². The average Bonchev–Trinajstić information content (AvgIpc) is 3.25. The van der Waals surface area contributed by atoms with Crippen LogP contribution in [0, 0.1) is 5.82 Å². The quantitative estimate of drug-likeness (QED) is 0.809. The van der Waals surface area contributed by atoms with Crippen LogP contribution in [0.5, 0.6) is 0 Å². The third-order valence-electron chi connectivity index (χ3n) is 4.26. The Labute approximate surface area is 157 Å². The fourth-order valence-electron chi connectivity index (χ4n) is 2.89. The topological polar surface area (TPSA) is 63.2 Å². The molecule has 1 saturated heterocycles. The lowest BCUT2D eigenvalue weighted by atomic mass is 9.91. The number of amides is 1. The first kappa shape index (κ1) is 18.8. The Morgan fingerprint density at radius 2 is 2.23 bits per heavy atom. The second-order valence-electron chi connectivity index (χ2n) is 7.44. The highest BCUT2D eigenvalue weighted by molar-refractivity contribution is 7.12. The summed E-state index contributed by atoms with van der Waals surface area (Å²) in [4.78, 5) is 17.4. The third kappa shape index (κ3) is 4.40. The summed E-state index contributed by atoms with van der Waals surface area (Å²) >= 11 is 1.29. The minimum Gasteiger partial charge on any atom is -0.380 e. The van der Waals surface area contributed by atoms with Crippen molar-refractivity contribution in [2.45, 2.75) is 45.1 Å². The van der Waals surface area contributed by atoms with Crippen LogP contribution >= 0.6 is 11.3 Å². The zero-order valence-corrected chi connectivity index (χ0v) is 16.1. The van der Waals surface area contributed by atoms with E-state index in [1.165, 1.54) is 17.4 Å². The van der Waals surface area contributed by atoms with Crippen LogP contribution in [-0.4, -0.2) is 30.1 Å². The van der Waals surface area contributed by atoms with E-state index in [4.69, 9.17) is 4.74 Å². The van der Waals surface area contributed by atoms with Crippen LogP contribution in [0.2, 0.25) is 0 Å². The monoisotopic (exact) mass is 377 g/mol. The van der Waals surface area contributed by atoms with Gasteiger partial charge in [0.25, 0.3) is 5.91 Å². The molecule has 26 heavy (non-hydrogen) atoms. The Balaban J connectivity index is 1.66. The molecule has 0 saturated carbocycles. The van der Waals surface area contributed by atoms with Crippen molar-refractivity contribution in [2.24, 2.45) is 0 Å². The van der Waals surface area contributed by atoms with Gasteiger partial charge in [0.15, 0.2) is 0 Å². The maximum absolute atomic E-state index is 14.3. The van der Waals surface area contributed by atoms with Gasteiger partial charge in [-0.15, -0.1) is 11.3 Å². The first-order valence-electron chi connectivity index (χ1n) is 8.75. The van der Waals surface area contributed by atoms with Gasteiger partial charge in [-0.2, -0.15) is 0 Å². The molecular weight excluding hydrogens is 353 g/mol. The summed E-state index contributed by atoms with van der Waals surface area (Å²) in [6, 6.07) is 4.65. The van der Waals surface area contributed by atoms with Gasteiger partial charge in [0.1, 0.15) is 10.7 Å². The van der Waals surface area contributed by atoms with Crippen molar-refractivity contribution in [1.29, 1.82) is 0 Å². The molecule has 140 valence electrons. The van der Waals surface area contributed by atoms with Crippen LogP contribution in [0.25, 0.3) is 0 Å². The van der Waals surface area contributed by atoms with Gasteiger partial charge in [-0.3, -0.25) is 4.79 Å².